The number of hydrogen-bond acceptors (Lipinski definition) is 3. The number of benzene rings is 1. The Kier molecular flexibility index (Phi) is 4.50. The molecule has 3 nitrogen and oxygen atoms in total. The van der Waals surface area contributed by atoms with E-state index in [4.69, 9.17) is 4.74 Å². The minimum Gasteiger partial charge on any atom is -0.495 e. The Balaban J connectivity index is 2.43. The average molecular weight is 325 g/mol. The van der Waals surface area contributed by atoms with E-state index in [1.165, 1.54) is 12.1 Å². The second kappa shape index (κ2) is 6.12. The van der Waals surface area contributed by atoms with Gasteiger partial charge in [-0.3, -0.25) is 4.98 Å². The van der Waals surface area contributed by atoms with Crippen LogP contribution in [-0.2, 0) is 0 Å². The first-order valence-corrected chi connectivity index (χ1v) is 6.56. The van der Waals surface area contributed by atoms with Gasteiger partial charge in [0.25, 0.3) is 0 Å². The van der Waals surface area contributed by atoms with Gasteiger partial charge in [0.05, 0.1) is 19.3 Å². The Labute approximate surface area is 119 Å². The van der Waals surface area contributed by atoms with E-state index in [0.717, 1.165) is 15.6 Å². The van der Waals surface area contributed by atoms with E-state index in [2.05, 4.69) is 26.2 Å². The quantitative estimate of drug-likeness (QED) is 0.937. The summed E-state index contributed by atoms with van der Waals surface area (Å²) in [5.74, 6) is 0.422. The van der Waals surface area contributed by atoms with Gasteiger partial charge in [-0.15, -0.1) is 0 Å². The number of rotatable bonds is 4. The van der Waals surface area contributed by atoms with Crippen molar-refractivity contribution in [2.45, 2.75) is 6.04 Å². The SMILES string of the molecule is CNC(c1cncc(OC)c1)c1ccc(F)cc1Br. The zero-order valence-electron chi connectivity index (χ0n) is 10.7. The minimum absolute atomic E-state index is 0.0856. The third kappa shape index (κ3) is 3.11. The van der Waals surface area contributed by atoms with Crippen LogP contribution in [0.5, 0.6) is 5.75 Å². The molecular weight excluding hydrogens is 311 g/mol. The van der Waals surface area contributed by atoms with Crippen molar-refractivity contribution in [1.82, 2.24) is 10.3 Å². The van der Waals surface area contributed by atoms with E-state index in [0.29, 0.717) is 5.75 Å². The van der Waals surface area contributed by atoms with Crippen molar-refractivity contribution < 1.29 is 9.13 Å². The maximum absolute atomic E-state index is 13.2. The first kappa shape index (κ1) is 14.0. The van der Waals surface area contributed by atoms with Gasteiger partial charge < -0.3 is 10.1 Å². The molecule has 0 bridgehead atoms. The number of pyridine rings is 1. The van der Waals surface area contributed by atoms with E-state index in [-0.39, 0.29) is 11.9 Å². The molecule has 2 aromatic rings. The van der Waals surface area contributed by atoms with Crippen LogP contribution < -0.4 is 10.1 Å². The predicted octanol–water partition coefficient (Wildman–Crippen LogP) is 3.30. The number of nitrogens with zero attached hydrogens (tertiary/aromatic N) is 1. The molecule has 19 heavy (non-hydrogen) atoms. The third-order valence-electron chi connectivity index (χ3n) is 2.87. The van der Waals surface area contributed by atoms with Crippen LogP contribution in [0, 0.1) is 5.82 Å². The molecule has 1 unspecified atom stereocenters. The summed E-state index contributed by atoms with van der Waals surface area (Å²) in [6, 6.07) is 6.47. The van der Waals surface area contributed by atoms with Crippen LogP contribution in [0.2, 0.25) is 0 Å². The molecule has 1 atom stereocenters. The zero-order valence-corrected chi connectivity index (χ0v) is 12.2. The molecule has 0 radical (unpaired) electrons. The van der Waals surface area contributed by atoms with Gasteiger partial charge in [0.1, 0.15) is 11.6 Å². The van der Waals surface area contributed by atoms with E-state index >= 15 is 0 Å². The predicted molar refractivity (Wildman–Crippen MR) is 75.8 cm³/mol. The van der Waals surface area contributed by atoms with Crippen molar-refractivity contribution >= 4 is 15.9 Å². The lowest BCUT2D eigenvalue weighted by Crippen LogP contribution is -2.18. The van der Waals surface area contributed by atoms with Crippen molar-refractivity contribution in [2.75, 3.05) is 14.2 Å². The smallest absolute Gasteiger partial charge is 0.137 e. The molecular formula is C14H14BrFN2O. The summed E-state index contributed by atoms with van der Waals surface area (Å²) in [7, 11) is 3.45. The van der Waals surface area contributed by atoms with Crippen molar-refractivity contribution in [1.29, 1.82) is 0 Å². The molecule has 1 aromatic heterocycles. The van der Waals surface area contributed by atoms with Crippen LogP contribution in [0.3, 0.4) is 0 Å². The second-order valence-electron chi connectivity index (χ2n) is 4.05. The molecule has 0 aliphatic rings. The topological polar surface area (TPSA) is 34.2 Å². The van der Waals surface area contributed by atoms with Gasteiger partial charge in [-0.2, -0.15) is 0 Å². The highest BCUT2D eigenvalue weighted by atomic mass is 79.9. The van der Waals surface area contributed by atoms with Crippen molar-refractivity contribution in [3.05, 3.63) is 58.1 Å². The van der Waals surface area contributed by atoms with Crippen molar-refractivity contribution in [3.8, 4) is 5.75 Å². The normalized spacial score (nSPS) is 12.2. The van der Waals surface area contributed by atoms with Crippen molar-refractivity contribution in [2.24, 2.45) is 0 Å². The summed E-state index contributed by atoms with van der Waals surface area (Å²) in [5.41, 5.74) is 1.90. The lowest BCUT2D eigenvalue weighted by molar-refractivity contribution is 0.411. The molecule has 0 spiro atoms. The fraction of sp³-hybridized carbons (Fsp3) is 0.214. The van der Waals surface area contributed by atoms with Crippen LogP contribution in [-0.4, -0.2) is 19.1 Å². The molecule has 5 heteroatoms. The van der Waals surface area contributed by atoms with Gasteiger partial charge >= 0.3 is 0 Å². The van der Waals surface area contributed by atoms with Crippen LogP contribution in [0.4, 0.5) is 4.39 Å². The third-order valence-corrected chi connectivity index (χ3v) is 3.55. The Bertz CT molecular complexity index is 577. The number of halogens is 2. The fourth-order valence-corrected chi connectivity index (χ4v) is 2.52. The number of ether oxygens (including phenoxy) is 1. The first-order chi connectivity index (χ1) is 9.15. The molecule has 0 aliphatic heterocycles. The lowest BCUT2D eigenvalue weighted by Gasteiger charge is -2.19. The summed E-state index contributed by atoms with van der Waals surface area (Å²) < 4.78 is 19.0. The lowest BCUT2D eigenvalue weighted by atomic mass is 10.0. The monoisotopic (exact) mass is 324 g/mol. The highest BCUT2D eigenvalue weighted by Crippen LogP contribution is 2.29. The van der Waals surface area contributed by atoms with Crippen molar-refractivity contribution in [3.63, 3.8) is 0 Å². The summed E-state index contributed by atoms with van der Waals surface area (Å²) in [5, 5.41) is 3.20. The number of nitrogens with one attached hydrogen (secondary N) is 1. The molecule has 0 saturated heterocycles. The second-order valence-corrected chi connectivity index (χ2v) is 4.90. The van der Waals surface area contributed by atoms with Gasteiger partial charge in [0.2, 0.25) is 0 Å². The number of hydrogen-bond donors (Lipinski definition) is 1. The minimum atomic E-state index is -0.269. The molecule has 0 saturated carbocycles. The standard InChI is InChI=1S/C14H14BrFN2O/c1-17-14(9-5-11(19-2)8-18-7-9)12-4-3-10(16)6-13(12)15/h3-8,14,17H,1-2H3. The maximum Gasteiger partial charge on any atom is 0.137 e. The van der Waals surface area contributed by atoms with E-state index < -0.39 is 0 Å². The molecule has 1 N–H and O–H groups in total. The molecule has 100 valence electrons. The van der Waals surface area contributed by atoms with Crippen LogP contribution in [0.25, 0.3) is 0 Å². The maximum atomic E-state index is 13.2. The van der Waals surface area contributed by atoms with Gasteiger partial charge in [0.15, 0.2) is 0 Å². The van der Waals surface area contributed by atoms with E-state index in [1.54, 1.807) is 25.6 Å². The molecule has 1 heterocycles. The first-order valence-electron chi connectivity index (χ1n) is 5.77. The van der Waals surface area contributed by atoms with E-state index in [9.17, 15) is 4.39 Å². The number of aromatic nitrogens is 1. The molecule has 2 rings (SSSR count). The summed E-state index contributed by atoms with van der Waals surface area (Å²) in [6.45, 7) is 0. The Hall–Kier alpha value is -1.46. The molecule has 0 fully saturated rings. The average Bonchev–Trinajstić information content (AvgIpc) is 2.42. The van der Waals surface area contributed by atoms with Crippen LogP contribution >= 0.6 is 15.9 Å². The van der Waals surface area contributed by atoms with Gasteiger partial charge in [0, 0.05) is 10.7 Å². The molecule has 0 aliphatic carbocycles. The summed E-state index contributed by atoms with van der Waals surface area (Å²) >= 11 is 3.39. The molecule has 0 amide bonds. The Morgan fingerprint density at radius 1 is 1.32 bits per heavy atom. The fourth-order valence-electron chi connectivity index (χ4n) is 1.94. The molecule has 1 aromatic carbocycles. The van der Waals surface area contributed by atoms with Gasteiger partial charge in [-0.1, -0.05) is 22.0 Å². The van der Waals surface area contributed by atoms with E-state index in [1.807, 2.05) is 13.1 Å². The number of methoxy groups -OCH3 is 1. The highest BCUT2D eigenvalue weighted by molar-refractivity contribution is 9.10. The summed E-state index contributed by atoms with van der Waals surface area (Å²) in [4.78, 5) is 4.14. The Morgan fingerprint density at radius 3 is 2.74 bits per heavy atom. The zero-order chi connectivity index (χ0) is 13.8. The largest absolute Gasteiger partial charge is 0.495 e. The van der Waals surface area contributed by atoms with Gasteiger partial charge in [-0.05, 0) is 36.4 Å². The van der Waals surface area contributed by atoms with Crippen LogP contribution in [0.1, 0.15) is 17.2 Å². The highest BCUT2D eigenvalue weighted by Gasteiger charge is 2.16. The van der Waals surface area contributed by atoms with Gasteiger partial charge in [-0.25, -0.2) is 4.39 Å². The Morgan fingerprint density at radius 2 is 2.11 bits per heavy atom. The van der Waals surface area contributed by atoms with Crippen LogP contribution in [0.15, 0.2) is 41.1 Å². The summed E-state index contributed by atoms with van der Waals surface area (Å²) in [6.07, 6.45) is 3.41.